The summed E-state index contributed by atoms with van der Waals surface area (Å²) in [7, 11) is 0. The minimum Gasteiger partial charge on any atom is -0.494 e. The SMILES string of the molecule is CCCCOc1ccc(C(=O)N=c2c(C(=O)OCC)cc3c(=O)n4ccccc4nc3n2C[C@H]2CCCO2)cc1. The standard InChI is InChI=1S/C30H32N4O6/c1-3-5-16-39-21-13-11-20(12-14-21)28(35)32-27-24(30(37)38-4-2)18-23-26(34(27)19-22-9-8-17-40-22)31-25-10-6-7-15-33(25)29(23)36/h6-7,10-15,18,22H,3-5,8-9,16-17,19H2,1-2H3/t22-/m1/s1. The van der Waals surface area contributed by atoms with Gasteiger partial charge in [0.1, 0.15) is 22.6 Å². The molecule has 1 saturated heterocycles. The number of carbonyl (C=O) groups is 2. The number of carbonyl (C=O) groups excluding carboxylic acids is 2. The molecule has 3 aromatic heterocycles. The van der Waals surface area contributed by atoms with Crippen molar-refractivity contribution in [3.63, 3.8) is 0 Å². The van der Waals surface area contributed by atoms with E-state index in [1.165, 1.54) is 10.5 Å². The van der Waals surface area contributed by atoms with Gasteiger partial charge in [0.2, 0.25) is 0 Å². The molecule has 1 aromatic carbocycles. The van der Waals surface area contributed by atoms with Crippen LogP contribution in [0.25, 0.3) is 16.7 Å². The molecule has 1 aliphatic heterocycles. The Kier molecular flexibility index (Phi) is 8.35. The summed E-state index contributed by atoms with van der Waals surface area (Å²) in [5.41, 5.74) is 0.806. The van der Waals surface area contributed by atoms with Crippen LogP contribution < -0.4 is 15.8 Å². The second-order valence-electron chi connectivity index (χ2n) is 9.57. The fraction of sp³-hybridized carbons (Fsp3) is 0.367. The molecule has 10 heteroatoms. The van der Waals surface area contributed by atoms with Crippen molar-refractivity contribution in [1.29, 1.82) is 0 Å². The van der Waals surface area contributed by atoms with Crippen molar-refractivity contribution in [2.45, 2.75) is 52.2 Å². The molecule has 1 atom stereocenters. The maximum atomic E-state index is 13.5. The molecule has 0 saturated carbocycles. The fourth-order valence-corrected chi connectivity index (χ4v) is 4.71. The number of esters is 1. The smallest absolute Gasteiger partial charge is 0.341 e. The van der Waals surface area contributed by atoms with E-state index in [4.69, 9.17) is 19.2 Å². The van der Waals surface area contributed by atoms with E-state index in [1.54, 1.807) is 60.2 Å². The maximum Gasteiger partial charge on any atom is 0.341 e. The van der Waals surface area contributed by atoms with Crippen LogP contribution in [0.2, 0.25) is 0 Å². The zero-order chi connectivity index (χ0) is 28.1. The predicted octanol–water partition coefficient (Wildman–Crippen LogP) is 3.92. The van der Waals surface area contributed by atoms with Gasteiger partial charge in [0, 0.05) is 18.4 Å². The van der Waals surface area contributed by atoms with Crippen LogP contribution in [-0.2, 0) is 16.0 Å². The molecule has 0 N–H and O–H groups in total. The van der Waals surface area contributed by atoms with Crippen LogP contribution in [0.15, 0.2) is 64.5 Å². The van der Waals surface area contributed by atoms with E-state index in [-0.39, 0.29) is 41.3 Å². The lowest BCUT2D eigenvalue weighted by atomic mass is 10.1. The lowest BCUT2D eigenvalue weighted by molar-refractivity contribution is 0.0521. The average molecular weight is 545 g/mol. The number of pyridine rings is 2. The monoisotopic (exact) mass is 544 g/mol. The molecule has 5 rings (SSSR count). The van der Waals surface area contributed by atoms with Gasteiger partial charge in [0.25, 0.3) is 11.5 Å². The first-order chi connectivity index (χ1) is 19.5. The highest BCUT2D eigenvalue weighted by Crippen LogP contribution is 2.18. The number of hydrogen-bond acceptors (Lipinski definition) is 7. The largest absolute Gasteiger partial charge is 0.494 e. The van der Waals surface area contributed by atoms with Crippen LogP contribution in [0.4, 0.5) is 0 Å². The van der Waals surface area contributed by atoms with Gasteiger partial charge in [-0.05, 0) is 68.7 Å². The Morgan fingerprint density at radius 1 is 1.15 bits per heavy atom. The lowest BCUT2D eigenvalue weighted by Crippen LogP contribution is -2.35. The van der Waals surface area contributed by atoms with Gasteiger partial charge in [0.15, 0.2) is 5.49 Å². The van der Waals surface area contributed by atoms with Crippen molar-refractivity contribution in [3.8, 4) is 5.75 Å². The number of fused-ring (bicyclic) bond motifs is 2. The molecular formula is C30H32N4O6. The van der Waals surface area contributed by atoms with Gasteiger partial charge in [-0.15, -0.1) is 0 Å². The van der Waals surface area contributed by atoms with Gasteiger partial charge >= 0.3 is 5.97 Å². The third kappa shape index (κ3) is 5.67. The zero-order valence-corrected chi connectivity index (χ0v) is 22.7. The Bertz CT molecular complexity index is 1670. The van der Waals surface area contributed by atoms with Crippen molar-refractivity contribution in [3.05, 3.63) is 81.7 Å². The van der Waals surface area contributed by atoms with E-state index in [9.17, 15) is 14.4 Å². The summed E-state index contributed by atoms with van der Waals surface area (Å²) in [6.07, 6.45) is 5.07. The number of amides is 1. The molecule has 10 nitrogen and oxygen atoms in total. The Morgan fingerprint density at radius 3 is 2.70 bits per heavy atom. The van der Waals surface area contributed by atoms with Gasteiger partial charge < -0.3 is 18.8 Å². The highest BCUT2D eigenvalue weighted by molar-refractivity contribution is 5.97. The third-order valence-corrected chi connectivity index (χ3v) is 6.77. The van der Waals surface area contributed by atoms with Gasteiger partial charge in [-0.1, -0.05) is 19.4 Å². The van der Waals surface area contributed by atoms with Crippen LogP contribution in [-0.4, -0.2) is 51.8 Å². The topological polar surface area (TPSA) is 113 Å². The molecule has 4 heterocycles. The predicted molar refractivity (Wildman–Crippen MR) is 149 cm³/mol. The molecule has 1 fully saturated rings. The Balaban J connectivity index is 1.71. The Morgan fingerprint density at radius 2 is 1.98 bits per heavy atom. The second-order valence-corrected chi connectivity index (χ2v) is 9.57. The van der Waals surface area contributed by atoms with Crippen molar-refractivity contribution < 1.29 is 23.8 Å². The summed E-state index contributed by atoms with van der Waals surface area (Å²) in [4.78, 5) is 49.3. The van der Waals surface area contributed by atoms with E-state index >= 15 is 0 Å². The van der Waals surface area contributed by atoms with E-state index in [0.717, 1.165) is 25.7 Å². The van der Waals surface area contributed by atoms with Crippen LogP contribution in [0.1, 0.15) is 60.2 Å². The molecule has 40 heavy (non-hydrogen) atoms. The molecular weight excluding hydrogens is 512 g/mol. The molecule has 1 aliphatic rings. The number of aromatic nitrogens is 3. The van der Waals surface area contributed by atoms with Crippen LogP contribution >= 0.6 is 0 Å². The lowest BCUT2D eigenvalue weighted by Gasteiger charge is -2.18. The van der Waals surface area contributed by atoms with Gasteiger partial charge in [-0.3, -0.25) is 14.0 Å². The Hall–Kier alpha value is -4.31. The van der Waals surface area contributed by atoms with Crippen LogP contribution in [0.5, 0.6) is 5.75 Å². The molecule has 1 amide bonds. The molecule has 4 aromatic rings. The summed E-state index contributed by atoms with van der Waals surface area (Å²) in [5.74, 6) is -0.578. The molecule has 208 valence electrons. The minimum absolute atomic E-state index is 0.00926. The van der Waals surface area contributed by atoms with Crippen molar-refractivity contribution >= 4 is 28.6 Å². The summed E-state index contributed by atoms with van der Waals surface area (Å²) >= 11 is 0. The maximum absolute atomic E-state index is 13.5. The van der Waals surface area contributed by atoms with Crippen molar-refractivity contribution in [1.82, 2.24) is 14.0 Å². The van der Waals surface area contributed by atoms with E-state index in [0.29, 0.717) is 35.8 Å². The summed E-state index contributed by atoms with van der Waals surface area (Å²) < 4.78 is 20.0. The van der Waals surface area contributed by atoms with Crippen LogP contribution in [0, 0.1) is 0 Å². The van der Waals surface area contributed by atoms with Crippen molar-refractivity contribution in [2.75, 3.05) is 19.8 Å². The van der Waals surface area contributed by atoms with Gasteiger partial charge in [-0.2, -0.15) is 4.99 Å². The first kappa shape index (κ1) is 27.3. The number of rotatable bonds is 9. The normalized spacial score (nSPS) is 15.6. The van der Waals surface area contributed by atoms with Gasteiger partial charge in [0.05, 0.1) is 31.2 Å². The second kappa shape index (κ2) is 12.3. The highest BCUT2D eigenvalue weighted by Gasteiger charge is 2.24. The number of ether oxygens (including phenoxy) is 3. The molecule has 0 bridgehead atoms. The fourth-order valence-electron chi connectivity index (χ4n) is 4.71. The average Bonchev–Trinajstić information content (AvgIpc) is 3.48. The summed E-state index contributed by atoms with van der Waals surface area (Å²) in [5, 5.41) is 0.213. The first-order valence-corrected chi connectivity index (χ1v) is 13.7. The zero-order valence-electron chi connectivity index (χ0n) is 22.7. The Labute approximate surface area is 230 Å². The highest BCUT2D eigenvalue weighted by atomic mass is 16.5. The quantitative estimate of drug-likeness (QED) is 0.178. The van der Waals surface area contributed by atoms with E-state index < -0.39 is 11.9 Å². The third-order valence-electron chi connectivity index (χ3n) is 6.77. The van der Waals surface area contributed by atoms with Crippen LogP contribution in [0.3, 0.4) is 0 Å². The first-order valence-electron chi connectivity index (χ1n) is 13.7. The minimum atomic E-state index is -0.686. The molecule has 0 aliphatic carbocycles. The number of unbranched alkanes of at least 4 members (excludes halogenated alkanes) is 1. The number of benzene rings is 1. The summed E-state index contributed by atoms with van der Waals surface area (Å²) in [6.45, 7) is 5.36. The van der Waals surface area contributed by atoms with Crippen molar-refractivity contribution in [2.24, 2.45) is 4.99 Å². The van der Waals surface area contributed by atoms with E-state index in [1.807, 2.05) is 0 Å². The molecule has 0 unspecified atom stereocenters. The van der Waals surface area contributed by atoms with Gasteiger partial charge in [-0.25, -0.2) is 9.78 Å². The number of hydrogen-bond donors (Lipinski definition) is 0. The molecule has 0 radical (unpaired) electrons. The molecule has 0 spiro atoms. The summed E-state index contributed by atoms with van der Waals surface area (Å²) in [6, 6.07) is 13.4. The number of nitrogens with zero attached hydrogens (tertiary/aromatic N) is 4. The van der Waals surface area contributed by atoms with E-state index in [2.05, 4.69) is 11.9 Å².